The van der Waals surface area contributed by atoms with Gasteiger partial charge in [0.05, 0.1) is 17.8 Å². The summed E-state index contributed by atoms with van der Waals surface area (Å²) in [5.74, 6) is 0.222. The lowest BCUT2D eigenvalue weighted by atomic mass is 9.74. The number of carbonyl (C=O) groups excluding carboxylic acids is 1. The second-order valence-corrected chi connectivity index (χ2v) is 5.15. The fourth-order valence-corrected chi connectivity index (χ4v) is 3.13. The van der Waals surface area contributed by atoms with Crippen molar-refractivity contribution in [2.24, 2.45) is 4.99 Å². The first-order valence-electron chi connectivity index (χ1n) is 6.85. The highest BCUT2D eigenvalue weighted by Crippen LogP contribution is 2.51. The number of β-lactam (4-membered cyclic amide) rings is 1. The van der Waals surface area contributed by atoms with Crippen LogP contribution < -0.4 is 0 Å². The Balaban J connectivity index is 2.05. The zero-order valence-corrected chi connectivity index (χ0v) is 11.2. The van der Waals surface area contributed by atoms with Crippen molar-refractivity contribution in [2.75, 3.05) is 6.54 Å². The molecular formula is C16H18N2O. The second kappa shape index (κ2) is 4.34. The third-order valence-electron chi connectivity index (χ3n) is 4.11. The van der Waals surface area contributed by atoms with Gasteiger partial charge in [0.25, 0.3) is 0 Å². The Labute approximate surface area is 113 Å². The van der Waals surface area contributed by atoms with Crippen molar-refractivity contribution < 1.29 is 4.79 Å². The summed E-state index contributed by atoms with van der Waals surface area (Å²) in [6, 6.07) is 8.09. The van der Waals surface area contributed by atoms with E-state index < -0.39 is 0 Å². The maximum Gasteiger partial charge on any atom is 0.226 e. The van der Waals surface area contributed by atoms with Crippen LogP contribution in [0.3, 0.4) is 0 Å². The summed E-state index contributed by atoms with van der Waals surface area (Å²) in [7, 11) is 0. The molecule has 0 bridgehead atoms. The standard InChI is InChI=1S/C16H18N2O/c1-3-5-10-18-15(19)11-16(18)12-8-6-7-9-13(12)17-14(16)4-2/h4,6-9H,2-3,5,10-11H2,1H3. The molecule has 2 aliphatic heterocycles. The number of nitrogens with zero attached hydrogens (tertiary/aromatic N) is 2. The van der Waals surface area contributed by atoms with Crippen LogP contribution in [0.5, 0.6) is 0 Å². The number of carbonyl (C=O) groups is 1. The topological polar surface area (TPSA) is 32.7 Å². The van der Waals surface area contributed by atoms with Crippen LogP contribution in [0.25, 0.3) is 0 Å². The van der Waals surface area contributed by atoms with Gasteiger partial charge in [-0.05, 0) is 18.6 Å². The van der Waals surface area contributed by atoms with Crippen molar-refractivity contribution >= 4 is 17.3 Å². The number of unbranched alkanes of at least 4 members (excludes halogenated alkanes) is 1. The molecule has 3 nitrogen and oxygen atoms in total. The van der Waals surface area contributed by atoms with Crippen LogP contribution in [0.2, 0.25) is 0 Å². The van der Waals surface area contributed by atoms with E-state index >= 15 is 0 Å². The van der Waals surface area contributed by atoms with Gasteiger partial charge >= 0.3 is 0 Å². The Morgan fingerprint density at radius 1 is 1.47 bits per heavy atom. The average Bonchev–Trinajstić information content (AvgIpc) is 2.75. The number of likely N-dealkylation sites (tertiary alicyclic amines) is 1. The molecular weight excluding hydrogens is 236 g/mol. The van der Waals surface area contributed by atoms with E-state index in [-0.39, 0.29) is 11.4 Å². The fraction of sp³-hybridized carbons (Fsp3) is 0.375. The lowest BCUT2D eigenvalue weighted by molar-refractivity contribution is -0.151. The fourth-order valence-electron chi connectivity index (χ4n) is 3.13. The van der Waals surface area contributed by atoms with E-state index in [1.54, 1.807) is 6.08 Å². The Morgan fingerprint density at radius 3 is 2.95 bits per heavy atom. The minimum atomic E-state index is -0.329. The maximum absolute atomic E-state index is 12.0. The van der Waals surface area contributed by atoms with E-state index in [0.29, 0.717) is 6.42 Å². The van der Waals surface area contributed by atoms with Gasteiger partial charge in [-0.1, -0.05) is 38.1 Å². The van der Waals surface area contributed by atoms with Gasteiger partial charge in [-0.25, -0.2) is 0 Å². The summed E-state index contributed by atoms with van der Waals surface area (Å²) in [6.07, 6.45) is 4.44. The normalized spacial score (nSPS) is 24.2. The summed E-state index contributed by atoms with van der Waals surface area (Å²) < 4.78 is 0. The summed E-state index contributed by atoms with van der Waals surface area (Å²) in [4.78, 5) is 18.6. The first kappa shape index (κ1) is 12.2. The van der Waals surface area contributed by atoms with Gasteiger partial charge in [0.15, 0.2) is 0 Å². The number of fused-ring (bicyclic) bond motifs is 2. The zero-order valence-electron chi connectivity index (χ0n) is 11.2. The largest absolute Gasteiger partial charge is 0.327 e. The van der Waals surface area contributed by atoms with Gasteiger partial charge in [0.1, 0.15) is 5.54 Å². The molecule has 1 atom stereocenters. The van der Waals surface area contributed by atoms with Crippen LogP contribution in [0.15, 0.2) is 41.9 Å². The number of aliphatic imine (C=N–C) groups is 1. The van der Waals surface area contributed by atoms with Crippen molar-refractivity contribution in [2.45, 2.75) is 31.7 Å². The Kier molecular flexibility index (Phi) is 2.77. The van der Waals surface area contributed by atoms with Crippen LogP contribution >= 0.6 is 0 Å². The lowest BCUT2D eigenvalue weighted by Crippen LogP contribution is -2.64. The van der Waals surface area contributed by atoms with Crippen molar-refractivity contribution in [3.63, 3.8) is 0 Å². The minimum absolute atomic E-state index is 0.222. The van der Waals surface area contributed by atoms with E-state index in [1.165, 1.54) is 0 Å². The number of benzene rings is 1. The molecule has 0 aliphatic carbocycles. The molecule has 0 radical (unpaired) electrons. The molecule has 98 valence electrons. The first-order chi connectivity index (χ1) is 9.24. The van der Waals surface area contributed by atoms with E-state index in [0.717, 1.165) is 36.3 Å². The highest BCUT2D eigenvalue weighted by Gasteiger charge is 2.57. The third-order valence-corrected chi connectivity index (χ3v) is 4.11. The number of rotatable bonds is 4. The van der Waals surface area contributed by atoms with E-state index in [2.05, 4.69) is 24.6 Å². The molecule has 0 N–H and O–H groups in total. The van der Waals surface area contributed by atoms with Crippen LogP contribution in [0.4, 0.5) is 5.69 Å². The predicted octanol–water partition coefficient (Wildman–Crippen LogP) is 3.19. The average molecular weight is 254 g/mol. The van der Waals surface area contributed by atoms with Gasteiger partial charge in [-0.15, -0.1) is 0 Å². The monoisotopic (exact) mass is 254 g/mol. The molecule has 3 rings (SSSR count). The van der Waals surface area contributed by atoms with Crippen LogP contribution in [0, 0.1) is 0 Å². The van der Waals surface area contributed by atoms with Crippen LogP contribution in [0.1, 0.15) is 31.7 Å². The molecule has 1 saturated heterocycles. The molecule has 0 saturated carbocycles. The zero-order chi connectivity index (χ0) is 13.5. The van der Waals surface area contributed by atoms with E-state index in [1.807, 2.05) is 23.1 Å². The summed E-state index contributed by atoms with van der Waals surface area (Å²) in [6.45, 7) is 6.82. The van der Waals surface area contributed by atoms with Gasteiger partial charge in [-0.2, -0.15) is 0 Å². The van der Waals surface area contributed by atoms with Gasteiger partial charge in [0, 0.05) is 12.1 Å². The predicted molar refractivity (Wildman–Crippen MR) is 76.7 cm³/mol. The molecule has 1 aromatic rings. The van der Waals surface area contributed by atoms with Crippen molar-refractivity contribution in [3.05, 3.63) is 42.5 Å². The Morgan fingerprint density at radius 2 is 2.26 bits per heavy atom. The van der Waals surface area contributed by atoms with Crippen LogP contribution in [-0.2, 0) is 10.3 Å². The summed E-state index contributed by atoms with van der Waals surface area (Å²) in [5.41, 5.74) is 2.72. The molecule has 1 unspecified atom stereocenters. The molecule has 0 aromatic heterocycles. The summed E-state index contributed by atoms with van der Waals surface area (Å²) in [5, 5.41) is 0. The maximum atomic E-state index is 12.0. The number of para-hydroxylation sites is 1. The Bertz CT molecular complexity index is 576. The highest BCUT2D eigenvalue weighted by atomic mass is 16.2. The van der Waals surface area contributed by atoms with Gasteiger partial charge in [-0.3, -0.25) is 9.79 Å². The summed E-state index contributed by atoms with van der Waals surface area (Å²) >= 11 is 0. The molecule has 19 heavy (non-hydrogen) atoms. The molecule has 1 spiro atoms. The van der Waals surface area contributed by atoms with Gasteiger partial charge < -0.3 is 4.90 Å². The number of hydrogen-bond acceptors (Lipinski definition) is 2. The molecule has 2 heterocycles. The quantitative estimate of drug-likeness (QED) is 0.759. The molecule has 1 amide bonds. The van der Waals surface area contributed by atoms with Crippen molar-refractivity contribution in [1.29, 1.82) is 0 Å². The molecule has 1 aromatic carbocycles. The molecule has 3 heteroatoms. The van der Waals surface area contributed by atoms with Gasteiger partial charge in [0.2, 0.25) is 5.91 Å². The second-order valence-electron chi connectivity index (χ2n) is 5.15. The van der Waals surface area contributed by atoms with Crippen molar-refractivity contribution in [1.82, 2.24) is 4.90 Å². The molecule has 1 fully saturated rings. The minimum Gasteiger partial charge on any atom is -0.327 e. The molecule has 2 aliphatic rings. The van der Waals surface area contributed by atoms with E-state index in [4.69, 9.17) is 0 Å². The SMILES string of the molecule is C=CC1=Nc2ccccc2C12CC(=O)N2CCCC. The Hall–Kier alpha value is -1.90. The highest BCUT2D eigenvalue weighted by molar-refractivity contribution is 6.15. The van der Waals surface area contributed by atoms with Crippen molar-refractivity contribution in [3.8, 4) is 0 Å². The third kappa shape index (κ3) is 1.51. The first-order valence-corrected chi connectivity index (χ1v) is 6.85. The van der Waals surface area contributed by atoms with Crippen LogP contribution in [-0.4, -0.2) is 23.1 Å². The van der Waals surface area contributed by atoms with E-state index in [9.17, 15) is 4.79 Å². The number of hydrogen-bond donors (Lipinski definition) is 0. The smallest absolute Gasteiger partial charge is 0.226 e. The number of amides is 1. The lowest BCUT2D eigenvalue weighted by Gasteiger charge is -2.50.